The summed E-state index contributed by atoms with van der Waals surface area (Å²) in [6, 6.07) is 7.09. The molecular formula is C19H26N4O5. The third-order valence-electron chi connectivity index (χ3n) is 4.96. The van der Waals surface area contributed by atoms with Gasteiger partial charge in [0.25, 0.3) is 0 Å². The molecule has 0 unspecified atom stereocenters. The van der Waals surface area contributed by atoms with Crippen LogP contribution in [0.5, 0.6) is 5.75 Å². The van der Waals surface area contributed by atoms with Crippen molar-refractivity contribution in [2.45, 2.75) is 6.92 Å². The van der Waals surface area contributed by atoms with Crippen molar-refractivity contribution in [1.29, 1.82) is 0 Å². The van der Waals surface area contributed by atoms with E-state index >= 15 is 0 Å². The predicted octanol–water partition coefficient (Wildman–Crippen LogP) is 1.24. The van der Waals surface area contributed by atoms with Crippen molar-refractivity contribution in [3.8, 4) is 5.75 Å². The van der Waals surface area contributed by atoms with E-state index in [1.807, 2.05) is 12.1 Å². The van der Waals surface area contributed by atoms with Gasteiger partial charge in [0.15, 0.2) is 0 Å². The summed E-state index contributed by atoms with van der Waals surface area (Å²) in [5, 5.41) is 0. The fourth-order valence-corrected chi connectivity index (χ4v) is 3.35. The second-order valence-electron chi connectivity index (χ2n) is 6.62. The molecule has 0 aromatic heterocycles. The van der Waals surface area contributed by atoms with E-state index in [1.54, 1.807) is 45.8 Å². The first-order chi connectivity index (χ1) is 13.5. The SMILES string of the molecule is CCOC(=O)N1CCN(C(=O)CN2CCN(c3ccc(OC)cc3)C2=O)CC1. The summed E-state index contributed by atoms with van der Waals surface area (Å²) in [6.45, 7) is 4.95. The molecule has 0 N–H and O–H groups in total. The molecule has 28 heavy (non-hydrogen) atoms. The maximum atomic E-state index is 12.7. The molecule has 9 nitrogen and oxygen atoms in total. The first-order valence-electron chi connectivity index (χ1n) is 9.43. The summed E-state index contributed by atoms with van der Waals surface area (Å²) in [6.07, 6.45) is -0.348. The van der Waals surface area contributed by atoms with Crippen molar-refractivity contribution in [3.63, 3.8) is 0 Å². The van der Waals surface area contributed by atoms with Gasteiger partial charge in [-0.25, -0.2) is 9.59 Å². The van der Waals surface area contributed by atoms with E-state index in [0.717, 1.165) is 11.4 Å². The zero-order chi connectivity index (χ0) is 20.1. The number of amides is 4. The lowest BCUT2D eigenvalue weighted by molar-refractivity contribution is -0.133. The lowest BCUT2D eigenvalue weighted by Crippen LogP contribution is -2.53. The minimum absolute atomic E-state index is 0.0465. The molecule has 3 rings (SSSR count). The lowest BCUT2D eigenvalue weighted by atomic mass is 10.3. The molecule has 0 aliphatic carbocycles. The van der Waals surface area contributed by atoms with Crippen LogP contribution < -0.4 is 9.64 Å². The Morgan fingerprint density at radius 1 is 0.964 bits per heavy atom. The summed E-state index contributed by atoms with van der Waals surface area (Å²) in [5.74, 6) is 0.623. The predicted molar refractivity (Wildman–Crippen MR) is 102 cm³/mol. The van der Waals surface area contributed by atoms with Crippen LogP contribution in [-0.2, 0) is 9.53 Å². The molecule has 1 aromatic rings. The number of urea groups is 1. The van der Waals surface area contributed by atoms with Gasteiger partial charge in [0.05, 0.1) is 13.7 Å². The van der Waals surface area contributed by atoms with Gasteiger partial charge in [0.2, 0.25) is 5.91 Å². The molecule has 2 aliphatic heterocycles. The van der Waals surface area contributed by atoms with Gasteiger partial charge in [-0.2, -0.15) is 0 Å². The first kappa shape index (κ1) is 19.8. The second kappa shape index (κ2) is 8.81. The highest BCUT2D eigenvalue weighted by molar-refractivity contribution is 5.96. The van der Waals surface area contributed by atoms with E-state index < -0.39 is 0 Å². The van der Waals surface area contributed by atoms with Gasteiger partial charge in [-0.15, -0.1) is 0 Å². The van der Waals surface area contributed by atoms with E-state index in [-0.39, 0.29) is 24.6 Å². The number of ether oxygens (including phenoxy) is 2. The molecule has 4 amide bonds. The van der Waals surface area contributed by atoms with Crippen molar-refractivity contribution in [3.05, 3.63) is 24.3 Å². The number of carbonyl (C=O) groups is 3. The summed E-state index contributed by atoms with van der Waals surface area (Å²) < 4.78 is 10.1. The average Bonchev–Trinajstić information content (AvgIpc) is 3.08. The molecular weight excluding hydrogens is 364 g/mol. The molecule has 2 fully saturated rings. The number of benzene rings is 1. The van der Waals surface area contributed by atoms with Gasteiger partial charge >= 0.3 is 12.1 Å². The smallest absolute Gasteiger partial charge is 0.409 e. The fourth-order valence-electron chi connectivity index (χ4n) is 3.35. The maximum absolute atomic E-state index is 12.7. The normalized spacial score (nSPS) is 17.1. The van der Waals surface area contributed by atoms with Crippen LogP contribution in [0, 0.1) is 0 Å². The third-order valence-corrected chi connectivity index (χ3v) is 4.96. The van der Waals surface area contributed by atoms with E-state index in [2.05, 4.69) is 0 Å². The second-order valence-corrected chi connectivity index (χ2v) is 6.62. The molecule has 0 radical (unpaired) electrons. The monoisotopic (exact) mass is 390 g/mol. The largest absolute Gasteiger partial charge is 0.497 e. The summed E-state index contributed by atoms with van der Waals surface area (Å²) in [4.78, 5) is 43.5. The molecule has 0 atom stereocenters. The summed E-state index contributed by atoms with van der Waals surface area (Å²) >= 11 is 0. The highest BCUT2D eigenvalue weighted by Crippen LogP contribution is 2.23. The number of nitrogens with zero attached hydrogens (tertiary/aromatic N) is 4. The molecule has 2 heterocycles. The van der Waals surface area contributed by atoms with E-state index in [4.69, 9.17) is 9.47 Å². The summed E-state index contributed by atoms with van der Waals surface area (Å²) in [7, 11) is 1.59. The molecule has 0 saturated carbocycles. The van der Waals surface area contributed by atoms with Crippen molar-refractivity contribution in [2.75, 3.05) is 64.4 Å². The van der Waals surface area contributed by atoms with E-state index in [1.165, 1.54) is 0 Å². The number of methoxy groups -OCH3 is 1. The number of piperazine rings is 1. The number of carbonyl (C=O) groups excluding carboxylic acids is 3. The van der Waals surface area contributed by atoms with Crippen molar-refractivity contribution >= 4 is 23.7 Å². The average molecular weight is 390 g/mol. The summed E-state index contributed by atoms with van der Waals surface area (Å²) in [5.41, 5.74) is 0.781. The van der Waals surface area contributed by atoms with Gasteiger partial charge in [0, 0.05) is 45.0 Å². The number of anilines is 1. The van der Waals surface area contributed by atoms with Gasteiger partial charge < -0.3 is 24.2 Å². The minimum atomic E-state index is -0.348. The van der Waals surface area contributed by atoms with Crippen LogP contribution in [0.2, 0.25) is 0 Å². The van der Waals surface area contributed by atoms with E-state index in [0.29, 0.717) is 45.9 Å². The Bertz CT molecular complexity index is 716. The number of hydrogen-bond donors (Lipinski definition) is 0. The van der Waals surface area contributed by atoms with E-state index in [9.17, 15) is 14.4 Å². The minimum Gasteiger partial charge on any atom is -0.497 e. The van der Waals surface area contributed by atoms with Crippen LogP contribution >= 0.6 is 0 Å². The Labute approximate surface area is 164 Å². The lowest BCUT2D eigenvalue weighted by Gasteiger charge is -2.34. The Morgan fingerprint density at radius 2 is 1.61 bits per heavy atom. The van der Waals surface area contributed by atoms with Crippen molar-refractivity contribution in [2.24, 2.45) is 0 Å². The van der Waals surface area contributed by atoms with Crippen LogP contribution in [0.4, 0.5) is 15.3 Å². The van der Waals surface area contributed by atoms with Crippen LogP contribution in [0.15, 0.2) is 24.3 Å². The molecule has 0 spiro atoms. The van der Waals surface area contributed by atoms with Crippen molar-refractivity contribution in [1.82, 2.24) is 14.7 Å². The van der Waals surface area contributed by atoms with Crippen LogP contribution in [0.1, 0.15) is 6.92 Å². The van der Waals surface area contributed by atoms with Gasteiger partial charge in [-0.05, 0) is 31.2 Å². The highest BCUT2D eigenvalue weighted by atomic mass is 16.6. The van der Waals surface area contributed by atoms with Crippen LogP contribution in [-0.4, -0.2) is 92.3 Å². The first-order valence-corrected chi connectivity index (χ1v) is 9.43. The van der Waals surface area contributed by atoms with Crippen LogP contribution in [0.3, 0.4) is 0 Å². The Kier molecular flexibility index (Phi) is 6.23. The number of rotatable bonds is 5. The molecule has 2 saturated heterocycles. The standard InChI is InChI=1S/C19H26N4O5/c1-3-28-19(26)21-10-8-20(9-11-21)17(24)14-22-12-13-23(18(22)25)15-4-6-16(27-2)7-5-15/h4-7H,3,8-14H2,1-2H3. The third kappa shape index (κ3) is 4.29. The maximum Gasteiger partial charge on any atom is 0.409 e. The molecule has 0 bridgehead atoms. The Morgan fingerprint density at radius 3 is 2.21 bits per heavy atom. The zero-order valence-corrected chi connectivity index (χ0v) is 16.3. The van der Waals surface area contributed by atoms with Gasteiger partial charge in [0.1, 0.15) is 12.3 Å². The molecule has 152 valence electrons. The quantitative estimate of drug-likeness (QED) is 0.755. The Balaban J connectivity index is 1.51. The molecule has 2 aliphatic rings. The molecule has 1 aromatic carbocycles. The fraction of sp³-hybridized carbons (Fsp3) is 0.526. The Hall–Kier alpha value is -2.97. The number of hydrogen-bond acceptors (Lipinski definition) is 5. The zero-order valence-electron chi connectivity index (χ0n) is 16.3. The van der Waals surface area contributed by atoms with Gasteiger partial charge in [-0.1, -0.05) is 0 Å². The molecule has 9 heteroatoms. The topological polar surface area (TPSA) is 82.6 Å². The van der Waals surface area contributed by atoms with Crippen molar-refractivity contribution < 1.29 is 23.9 Å². The highest BCUT2D eigenvalue weighted by Gasteiger charge is 2.33. The van der Waals surface area contributed by atoms with Crippen LogP contribution in [0.25, 0.3) is 0 Å². The van der Waals surface area contributed by atoms with Gasteiger partial charge in [-0.3, -0.25) is 9.69 Å².